The summed E-state index contributed by atoms with van der Waals surface area (Å²) in [6, 6.07) is 2.43. The highest BCUT2D eigenvalue weighted by molar-refractivity contribution is 5.66. The summed E-state index contributed by atoms with van der Waals surface area (Å²) in [5.74, 6) is 1.64. The second-order valence-electron chi connectivity index (χ2n) is 8.06. The van der Waals surface area contributed by atoms with Crippen molar-refractivity contribution in [3.63, 3.8) is 0 Å². The Morgan fingerprint density at radius 1 is 1.24 bits per heavy atom. The summed E-state index contributed by atoms with van der Waals surface area (Å²) in [5.41, 5.74) is 3.04. The average Bonchev–Trinajstić information content (AvgIpc) is 3.25. The van der Waals surface area contributed by atoms with E-state index in [1.807, 2.05) is 0 Å². The summed E-state index contributed by atoms with van der Waals surface area (Å²) in [4.78, 5) is 9.57. The standard InChI is InChI=1S/C22H36N6O/c1-4-28(5-2)11-7-10-24-21-19(14-23)18-9-12-27(3)16-20(18)22(26-21)25-15-17-8-6-13-29-17/h17H,4-13,15-16H2,1-3H3,(H2,24,25,26). The van der Waals surface area contributed by atoms with Crippen molar-refractivity contribution in [1.29, 1.82) is 5.26 Å². The number of hydrogen-bond acceptors (Lipinski definition) is 7. The van der Waals surface area contributed by atoms with Crippen molar-refractivity contribution in [3.8, 4) is 6.07 Å². The maximum Gasteiger partial charge on any atom is 0.146 e. The number of fused-ring (bicyclic) bond motifs is 1. The summed E-state index contributed by atoms with van der Waals surface area (Å²) in [6.45, 7) is 11.8. The molecule has 3 rings (SSSR count). The van der Waals surface area contributed by atoms with E-state index in [4.69, 9.17) is 9.72 Å². The number of ether oxygens (including phenoxy) is 1. The summed E-state index contributed by atoms with van der Waals surface area (Å²) < 4.78 is 5.76. The van der Waals surface area contributed by atoms with E-state index in [-0.39, 0.29) is 6.10 Å². The van der Waals surface area contributed by atoms with Gasteiger partial charge >= 0.3 is 0 Å². The number of nitrogens with zero attached hydrogens (tertiary/aromatic N) is 4. The number of nitriles is 1. The van der Waals surface area contributed by atoms with Gasteiger partial charge in [0.1, 0.15) is 17.7 Å². The molecule has 2 aliphatic heterocycles. The van der Waals surface area contributed by atoms with Gasteiger partial charge in [0.05, 0.1) is 11.7 Å². The van der Waals surface area contributed by atoms with E-state index in [1.165, 1.54) is 5.56 Å². The van der Waals surface area contributed by atoms with Crippen LogP contribution in [0.2, 0.25) is 0 Å². The Labute approximate surface area is 175 Å². The molecular weight excluding hydrogens is 364 g/mol. The van der Waals surface area contributed by atoms with Crippen molar-refractivity contribution >= 4 is 11.6 Å². The number of hydrogen-bond donors (Lipinski definition) is 2. The Morgan fingerprint density at radius 2 is 2.07 bits per heavy atom. The third-order valence-corrected chi connectivity index (χ3v) is 6.05. The zero-order chi connectivity index (χ0) is 20.6. The van der Waals surface area contributed by atoms with Gasteiger partial charge in [-0.15, -0.1) is 0 Å². The quantitative estimate of drug-likeness (QED) is 0.585. The van der Waals surface area contributed by atoms with Gasteiger partial charge < -0.3 is 25.2 Å². The van der Waals surface area contributed by atoms with Gasteiger partial charge in [0, 0.05) is 38.3 Å². The minimum atomic E-state index is 0.259. The molecular formula is C22H36N6O. The molecule has 1 fully saturated rings. The number of anilines is 2. The SMILES string of the molecule is CCN(CC)CCCNc1nc(NCC2CCCO2)c2c(c1C#N)CCN(C)C2. The maximum atomic E-state index is 9.86. The topological polar surface area (TPSA) is 76.5 Å². The fraction of sp³-hybridized carbons (Fsp3) is 0.727. The smallest absolute Gasteiger partial charge is 0.146 e. The normalized spacial score (nSPS) is 19.2. The van der Waals surface area contributed by atoms with E-state index in [9.17, 15) is 5.26 Å². The Hall–Kier alpha value is -1.88. The first-order valence-electron chi connectivity index (χ1n) is 11.1. The van der Waals surface area contributed by atoms with Gasteiger partial charge in [0.15, 0.2) is 0 Å². The third-order valence-electron chi connectivity index (χ3n) is 6.05. The number of rotatable bonds is 10. The molecule has 1 aromatic heterocycles. The Balaban J connectivity index is 1.75. The second-order valence-corrected chi connectivity index (χ2v) is 8.06. The highest BCUT2D eigenvalue weighted by Gasteiger charge is 2.25. The Kier molecular flexibility index (Phi) is 8.10. The molecule has 0 aliphatic carbocycles. The van der Waals surface area contributed by atoms with E-state index >= 15 is 0 Å². The molecule has 0 radical (unpaired) electrons. The van der Waals surface area contributed by atoms with Crippen LogP contribution in [0.15, 0.2) is 0 Å². The summed E-state index contributed by atoms with van der Waals surface area (Å²) >= 11 is 0. The van der Waals surface area contributed by atoms with Gasteiger partial charge in [0.25, 0.3) is 0 Å². The lowest BCUT2D eigenvalue weighted by atomic mass is 9.96. The van der Waals surface area contributed by atoms with Crippen molar-refractivity contribution in [2.24, 2.45) is 0 Å². The largest absolute Gasteiger partial charge is 0.376 e. The van der Waals surface area contributed by atoms with Crippen LogP contribution >= 0.6 is 0 Å². The molecule has 2 N–H and O–H groups in total. The predicted octanol–water partition coefficient (Wildman–Crippen LogP) is 2.68. The molecule has 7 heteroatoms. The van der Waals surface area contributed by atoms with Crippen LogP contribution in [-0.4, -0.2) is 73.8 Å². The van der Waals surface area contributed by atoms with E-state index < -0.39 is 0 Å². The summed E-state index contributed by atoms with van der Waals surface area (Å²) in [7, 11) is 2.12. The number of nitrogens with one attached hydrogen (secondary N) is 2. The van der Waals surface area contributed by atoms with E-state index in [2.05, 4.69) is 47.4 Å². The van der Waals surface area contributed by atoms with E-state index in [0.717, 1.165) is 101 Å². The highest BCUT2D eigenvalue weighted by Crippen LogP contribution is 2.31. The van der Waals surface area contributed by atoms with Gasteiger partial charge in [0.2, 0.25) is 0 Å². The third kappa shape index (κ3) is 5.59. The number of aromatic nitrogens is 1. The fourth-order valence-electron chi connectivity index (χ4n) is 4.23. The van der Waals surface area contributed by atoms with Crippen LogP contribution in [0.3, 0.4) is 0 Å². The lowest BCUT2D eigenvalue weighted by Gasteiger charge is -2.29. The molecule has 3 heterocycles. The van der Waals surface area contributed by atoms with E-state index in [0.29, 0.717) is 0 Å². The molecule has 2 aliphatic rings. The molecule has 7 nitrogen and oxygen atoms in total. The van der Waals surface area contributed by atoms with Crippen molar-refractivity contribution < 1.29 is 4.74 Å². The summed E-state index contributed by atoms with van der Waals surface area (Å²) in [5, 5.41) is 16.8. The van der Waals surface area contributed by atoms with Gasteiger partial charge in [-0.3, -0.25) is 0 Å². The van der Waals surface area contributed by atoms with Gasteiger partial charge in [-0.05, 0) is 57.9 Å². The zero-order valence-corrected chi connectivity index (χ0v) is 18.3. The van der Waals surface area contributed by atoms with Crippen LogP contribution in [0, 0.1) is 11.3 Å². The van der Waals surface area contributed by atoms with Crippen LogP contribution in [0.25, 0.3) is 0 Å². The monoisotopic (exact) mass is 400 g/mol. The Bertz CT molecular complexity index is 706. The molecule has 0 spiro atoms. The molecule has 29 heavy (non-hydrogen) atoms. The number of likely N-dealkylation sites (N-methyl/N-ethyl adjacent to an activating group) is 1. The molecule has 0 aromatic carbocycles. The predicted molar refractivity (Wildman–Crippen MR) is 117 cm³/mol. The van der Waals surface area contributed by atoms with Crippen molar-refractivity contribution in [2.75, 3.05) is 63.6 Å². The number of pyridine rings is 1. The first kappa shape index (κ1) is 21.8. The maximum absolute atomic E-state index is 9.86. The van der Waals surface area contributed by atoms with Crippen molar-refractivity contribution in [3.05, 3.63) is 16.7 Å². The van der Waals surface area contributed by atoms with Gasteiger partial charge in [-0.25, -0.2) is 4.98 Å². The Morgan fingerprint density at radius 3 is 2.76 bits per heavy atom. The second kappa shape index (κ2) is 10.8. The van der Waals surface area contributed by atoms with Crippen molar-refractivity contribution in [1.82, 2.24) is 14.8 Å². The lowest BCUT2D eigenvalue weighted by molar-refractivity contribution is 0.120. The van der Waals surface area contributed by atoms with Crippen LogP contribution in [0.1, 0.15) is 49.8 Å². The highest BCUT2D eigenvalue weighted by atomic mass is 16.5. The first-order valence-corrected chi connectivity index (χ1v) is 11.1. The minimum Gasteiger partial charge on any atom is -0.376 e. The van der Waals surface area contributed by atoms with Crippen LogP contribution in [0.4, 0.5) is 11.6 Å². The molecule has 160 valence electrons. The molecule has 1 unspecified atom stereocenters. The van der Waals surface area contributed by atoms with Crippen LogP contribution < -0.4 is 10.6 Å². The molecule has 0 amide bonds. The van der Waals surface area contributed by atoms with E-state index in [1.54, 1.807) is 0 Å². The van der Waals surface area contributed by atoms with Crippen LogP contribution in [0.5, 0.6) is 0 Å². The van der Waals surface area contributed by atoms with Crippen molar-refractivity contribution in [2.45, 2.75) is 52.2 Å². The van der Waals surface area contributed by atoms with Gasteiger partial charge in [-0.1, -0.05) is 13.8 Å². The molecule has 1 saturated heterocycles. The molecule has 1 atom stereocenters. The lowest BCUT2D eigenvalue weighted by Crippen LogP contribution is -2.30. The molecule has 0 bridgehead atoms. The zero-order valence-electron chi connectivity index (χ0n) is 18.3. The minimum absolute atomic E-state index is 0.259. The fourth-order valence-corrected chi connectivity index (χ4v) is 4.23. The average molecular weight is 401 g/mol. The molecule has 1 aromatic rings. The van der Waals surface area contributed by atoms with Crippen LogP contribution in [-0.2, 0) is 17.7 Å². The van der Waals surface area contributed by atoms with Gasteiger partial charge in [-0.2, -0.15) is 5.26 Å². The summed E-state index contributed by atoms with van der Waals surface area (Å²) in [6.07, 6.45) is 4.41. The first-order chi connectivity index (χ1) is 14.2. The molecule has 0 saturated carbocycles.